The molecule has 2 atom stereocenters. The third-order valence-electron chi connectivity index (χ3n) is 7.22. The van der Waals surface area contributed by atoms with E-state index in [9.17, 15) is 15.2 Å². The van der Waals surface area contributed by atoms with E-state index in [2.05, 4.69) is 10.3 Å². The Hall–Kier alpha value is -2.55. The van der Waals surface area contributed by atoms with E-state index in [1.807, 2.05) is 51.2 Å². The summed E-state index contributed by atoms with van der Waals surface area (Å²) in [6.07, 6.45) is 6.29. The molecule has 4 bridgehead atoms. The molecule has 4 fully saturated rings. The largest absolute Gasteiger partial charge is 0.481 e. The van der Waals surface area contributed by atoms with E-state index in [-0.39, 0.29) is 6.04 Å². The first kappa shape index (κ1) is 19.8. The second-order valence-electron chi connectivity index (χ2n) is 9.66. The second kappa shape index (κ2) is 7.05. The van der Waals surface area contributed by atoms with Crippen molar-refractivity contribution in [2.75, 3.05) is 0 Å². The molecular weight excluding hydrogens is 366 g/mol. The van der Waals surface area contributed by atoms with Crippen LogP contribution in [0.15, 0.2) is 29.3 Å². The fraction of sp³-hybridized carbons (Fsp3) is 0.609. The van der Waals surface area contributed by atoms with Gasteiger partial charge in [-0.25, -0.2) is 0 Å². The van der Waals surface area contributed by atoms with Gasteiger partial charge in [0.1, 0.15) is 5.75 Å². The molecule has 2 N–H and O–H groups in total. The summed E-state index contributed by atoms with van der Waals surface area (Å²) in [6.45, 7) is 5.82. The molecule has 6 heteroatoms. The molecule has 0 spiro atoms. The molecule has 0 heterocycles. The number of nitriles is 1. The minimum Gasteiger partial charge on any atom is -0.481 e. The first-order chi connectivity index (χ1) is 13.7. The number of aliphatic imine (C=N–C) groups is 1. The van der Waals surface area contributed by atoms with Gasteiger partial charge in [0.15, 0.2) is 11.4 Å². The van der Waals surface area contributed by atoms with Gasteiger partial charge in [0.05, 0.1) is 5.41 Å². The van der Waals surface area contributed by atoms with E-state index >= 15 is 0 Å². The van der Waals surface area contributed by atoms with Gasteiger partial charge in [-0.15, -0.1) is 0 Å². The van der Waals surface area contributed by atoms with Gasteiger partial charge in [0.25, 0.3) is 0 Å². The number of aliphatic carboxylic acids is 1. The highest BCUT2D eigenvalue weighted by Gasteiger charge is 2.59. The summed E-state index contributed by atoms with van der Waals surface area (Å²) in [5, 5.41) is 22.7. The maximum Gasteiger partial charge on any atom is 0.309 e. The van der Waals surface area contributed by atoms with E-state index in [0.717, 1.165) is 30.6 Å². The third-order valence-corrected chi connectivity index (χ3v) is 7.22. The Kier molecular flexibility index (Phi) is 4.80. The maximum absolute atomic E-state index is 12.0. The number of nitrogens with one attached hydrogen (secondary N) is 1. The fourth-order valence-corrected chi connectivity index (χ4v) is 6.06. The average Bonchev–Trinajstić information content (AvgIpc) is 2.65. The molecule has 154 valence electrons. The number of rotatable bonds is 5. The summed E-state index contributed by atoms with van der Waals surface area (Å²) >= 11 is 0. The molecule has 1 aromatic rings. The normalized spacial score (nSPS) is 33.2. The van der Waals surface area contributed by atoms with Crippen molar-refractivity contribution in [3.63, 3.8) is 0 Å². The zero-order valence-corrected chi connectivity index (χ0v) is 17.3. The lowest BCUT2D eigenvalue weighted by atomic mass is 9.48. The number of ether oxygens (including phenoxy) is 1. The zero-order valence-electron chi connectivity index (χ0n) is 17.3. The van der Waals surface area contributed by atoms with Crippen LogP contribution in [-0.4, -0.2) is 28.6 Å². The van der Waals surface area contributed by atoms with Crippen molar-refractivity contribution in [2.45, 2.75) is 64.5 Å². The lowest BCUT2D eigenvalue weighted by Gasteiger charge is -2.58. The molecule has 0 amide bonds. The molecule has 4 aliphatic rings. The summed E-state index contributed by atoms with van der Waals surface area (Å²) in [6, 6.07) is 7.94. The molecule has 0 saturated heterocycles. The minimum atomic E-state index is -0.805. The number of amidine groups is 1. The SMILES string of the molecule is Cc1ccccc1OC(C)(C)/C(=N\C#N)NC1C2CC3CC1CC(C(=O)O)(C3)C2. The van der Waals surface area contributed by atoms with Crippen molar-refractivity contribution in [1.82, 2.24) is 5.32 Å². The smallest absolute Gasteiger partial charge is 0.309 e. The van der Waals surface area contributed by atoms with Gasteiger partial charge >= 0.3 is 5.97 Å². The van der Waals surface area contributed by atoms with Crippen LogP contribution in [0.3, 0.4) is 0 Å². The Morgan fingerprint density at radius 2 is 1.93 bits per heavy atom. The van der Waals surface area contributed by atoms with Gasteiger partial charge in [-0.05, 0) is 82.3 Å². The van der Waals surface area contributed by atoms with Crippen molar-refractivity contribution in [3.8, 4) is 11.9 Å². The van der Waals surface area contributed by atoms with Gasteiger partial charge in [0, 0.05) is 6.04 Å². The predicted octanol–water partition coefficient (Wildman–Crippen LogP) is 3.90. The number of hydrogen-bond donors (Lipinski definition) is 2. The number of aryl methyl sites for hydroxylation is 1. The average molecular weight is 396 g/mol. The molecule has 4 saturated carbocycles. The van der Waals surface area contributed by atoms with Crippen LogP contribution in [0.1, 0.15) is 51.5 Å². The monoisotopic (exact) mass is 395 g/mol. The van der Waals surface area contributed by atoms with Crippen LogP contribution in [0.2, 0.25) is 0 Å². The second-order valence-corrected chi connectivity index (χ2v) is 9.66. The van der Waals surface area contributed by atoms with Crippen LogP contribution >= 0.6 is 0 Å². The van der Waals surface area contributed by atoms with Crippen molar-refractivity contribution in [3.05, 3.63) is 29.8 Å². The molecule has 4 aliphatic carbocycles. The predicted molar refractivity (Wildman–Crippen MR) is 109 cm³/mol. The van der Waals surface area contributed by atoms with Crippen LogP contribution in [0.4, 0.5) is 0 Å². The molecule has 29 heavy (non-hydrogen) atoms. The maximum atomic E-state index is 12.0. The number of carboxylic acids is 1. The highest BCUT2D eigenvalue weighted by atomic mass is 16.5. The number of nitrogens with zero attached hydrogens (tertiary/aromatic N) is 2. The molecule has 0 aliphatic heterocycles. The van der Waals surface area contributed by atoms with Gasteiger partial charge in [-0.2, -0.15) is 10.3 Å². The molecule has 5 rings (SSSR count). The lowest BCUT2D eigenvalue weighted by molar-refractivity contribution is -0.166. The van der Waals surface area contributed by atoms with Gasteiger partial charge < -0.3 is 15.2 Å². The Morgan fingerprint density at radius 1 is 1.28 bits per heavy atom. The van der Waals surface area contributed by atoms with Gasteiger partial charge in [-0.1, -0.05) is 18.2 Å². The zero-order chi connectivity index (χ0) is 20.8. The highest BCUT2D eigenvalue weighted by Crippen LogP contribution is 2.60. The summed E-state index contributed by atoms with van der Waals surface area (Å²) in [5.41, 5.74) is -0.329. The van der Waals surface area contributed by atoms with Crippen LogP contribution in [0, 0.1) is 41.5 Å². The number of carbonyl (C=O) groups is 1. The molecular formula is C23H29N3O3. The van der Waals surface area contributed by atoms with E-state index in [1.54, 1.807) is 0 Å². The summed E-state index contributed by atoms with van der Waals surface area (Å²) in [5.74, 6) is 1.76. The molecule has 6 nitrogen and oxygen atoms in total. The van der Waals surface area contributed by atoms with Crippen molar-refractivity contribution >= 4 is 11.8 Å². The van der Waals surface area contributed by atoms with Gasteiger partial charge in [-0.3, -0.25) is 4.79 Å². The number of para-hydroxylation sites is 1. The Labute approximate surface area is 172 Å². The van der Waals surface area contributed by atoms with Crippen LogP contribution in [-0.2, 0) is 4.79 Å². The van der Waals surface area contributed by atoms with Gasteiger partial charge in [0.2, 0.25) is 6.19 Å². The number of benzene rings is 1. The molecule has 0 radical (unpaired) electrons. The first-order valence-electron chi connectivity index (χ1n) is 10.5. The molecule has 1 aromatic carbocycles. The fourth-order valence-electron chi connectivity index (χ4n) is 6.06. The van der Waals surface area contributed by atoms with Crippen molar-refractivity contribution in [1.29, 1.82) is 5.26 Å². The summed E-state index contributed by atoms with van der Waals surface area (Å²) in [4.78, 5) is 16.1. The Balaban J connectivity index is 1.55. The molecule has 0 aromatic heterocycles. The number of carboxylic acid groups (broad SMARTS) is 1. The topological polar surface area (TPSA) is 94.7 Å². The van der Waals surface area contributed by atoms with Crippen LogP contribution in [0.5, 0.6) is 5.75 Å². The quantitative estimate of drug-likeness (QED) is 0.448. The molecule has 2 unspecified atom stereocenters. The van der Waals surface area contributed by atoms with Crippen LogP contribution in [0.25, 0.3) is 0 Å². The van der Waals surface area contributed by atoms with Crippen molar-refractivity contribution in [2.24, 2.45) is 28.2 Å². The highest BCUT2D eigenvalue weighted by molar-refractivity contribution is 5.91. The van der Waals surface area contributed by atoms with E-state index < -0.39 is 17.0 Å². The number of hydrogen-bond acceptors (Lipinski definition) is 4. The third kappa shape index (κ3) is 3.48. The van der Waals surface area contributed by atoms with E-state index in [1.165, 1.54) is 0 Å². The Morgan fingerprint density at radius 3 is 2.52 bits per heavy atom. The first-order valence-corrected chi connectivity index (χ1v) is 10.5. The van der Waals surface area contributed by atoms with Crippen molar-refractivity contribution < 1.29 is 14.6 Å². The summed E-state index contributed by atoms with van der Waals surface area (Å²) < 4.78 is 6.26. The Bertz CT molecular complexity index is 870. The van der Waals surface area contributed by atoms with E-state index in [4.69, 9.17) is 4.74 Å². The summed E-state index contributed by atoms with van der Waals surface area (Å²) in [7, 11) is 0. The standard InChI is InChI=1S/C23H29N3O3/c1-14-6-4-5-7-18(14)29-22(2,3)20(25-13-24)26-19-16-8-15-9-17(19)12-23(10-15,11-16)21(27)28/h4-7,15-17,19H,8-12H2,1-3H3,(H,25,26)(H,27,28). The van der Waals surface area contributed by atoms with Crippen LogP contribution < -0.4 is 10.1 Å². The lowest BCUT2D eigenvalue weighted by Crippen LogP contribution is -2.63. The minimum absolute atomic E-state index is 0.144. The van der Waals surface area contributed by atoms with E-state index in [0.29, 0.717) is 36.4 Å².